The molecule has 28 heavy (non-hydrogen) atoms. The predicted molar refractivity (Wildman–Crippen MR) is 107 cm³/mol. The van der Waals surface area contributed by atoms with Crippen LogP contribution in [0.25, 0.3) is 6.08 Å². The summed E-state index contributed by atoms with van der Waals surface area (Å²) in [4.78, 5) is 23.8. The lowest BCUT2D eigenvalue weighted by molar-refractivity contribution is -0.144. The number of methoxy groups -OCH3 is 1. The molecule has 0 bridgehead atoms. The van der Waals surface area contributed by atoms with Gasteiger partial charge in [-0.2, -0.15) is 0 Å². The molecule has 0 saturated carbocycles. The molecule has 1 amide bonds. The molecule has 0 unspecified atom stereocenters. The Morgan fingerprint density at radius 3 is 2.54 bits per heavy atom. The van der Waals surface area contributed by atoms with E-state index in [0.717, 1.165) is 11.1 Å². The maximum atomic E-state index is 11.9. The fraction of sp³-hybridized carbons (Fsp3) is 0.273. The molecule has 6 nitrogen and oxygen atoms in total. The van der Waals surface area contributed by atoms with Crippen LogP contribution in [0.4, 0.5) is 0 Å². The van der Waals surface area contributed by atoms with E-state index in [1.165, 1.54) is 6.08 Å². The quantitative estimate of drug-likeness (QED) is 0.530. The van der Waals surface area contributed by atoms with E-state index in [9.17, 15) is 9.59 Å². The first-order valence-electron chi connectivity index (χ1n) is 9.03. The number of rotatable bonds is 9. The minimum Gasteiger partial charge on any atom is -0.493 e. The van der Waals surface area contributed by atoms with E-state index < -0.39 is 5.97 Å². The Hall–Kier alpha value is -3.28. The van der Waals surface area contributed by atoms with Gasteiger partial charge in [0.05, 0.1) is 19.8 Å². The van der Waals surface area contributed by atoms with Crippen LogP contribution in [0.5, 0.6) is 11.5 Å². The summed E-state index contributed by atoms with van der Waals surface area (Å²) < 4.78 is 15.7. The molecule has 0 heterocycles. The number of ether oxygens (including phenoxy) is 3. The van der Waals surface area contributed by atoms with Crippen LogP contribution < -0.4 is 14.8 Å². The van der Waals surface area contributed by atoms with Gasteiger partial charge in [-0.25, -0.2) is 4.79 Å². The minimum absolute atomic E-state index is 0.167. The Morgan fingerprint density at radius 2 is 1.86 bits per heavy atom. The Morgan fingerprint density at radius 1 is 1.11 bits per heavy atom. The molecule has 1 N–H and O–H groups in total. The first-order chi connectivity index (χ1) is 13.5. The summed E-state index contributed by atoms with van der Waals surface area (Å²) in [6.45, 7) is 3.91. The third-order valence-corrected chi connectivity index (χ3v) is 3.92. The highest BCUT2D eigenvalue weighted by molar-refractivity contribution is 5.89. The molecule has 0 fully saturated rings. The molecule has 0 aliphatic rings. The SMILES string of the molecule is CCOc1cc(/C=C/C(=O)OCC(=O)N[C@@H](C)c2ccccc2)ccc1OC. The number of carbonyl (C=O) groups excluding carboxylic acids is 2. The Kier molecular flexibility index (Phi) is 8.09. The number of nitrogens with one attached hydrogen (secondary N) is 1. The largest absolute Gasteiger partial charge is 0.493 e. The van der Waals surface area contributed by atoms with Crippen LogP contribution in [0.1, 0.15) is 31.0 Å². The van der Waals surface area contributed by atoms with Gasteiger partial charge in [-0.15, -0.1) is 0 Å². The molecule has 0 aliphatic carbocycles. The van der Waals surface area contributed by atoms with Gasteiger partial charge in [0.25, 0.3) is 5.91 Å². The fourth-order valence-corrected chi connectivity index (χ4v) is 2.52. The number of esters is 1. The van der Waals surface area contributed by atoms with Gasteiger partial charge in [-0.05, 0) is 43.2 Å². The van der Waals surface area contributed by atoms with Crippen LogP contribution in [0.2, 0.25) is 0 Å². The van der Waals surface area contributed by atoms with E-state index in [1.54, 1.807) is 31.4 Å². The zero-order valence-corrected chi connectivity index (χ0v) is 16.3. The monoisotopic (exact) mass is 383 g/mol. The first-order valence-corrected chi connectivity index (χ1v) is 9.03. The molecular formula is C22H25NO5. The van der Waals surface area contributed by atoms with Crippen LogP contribution in [-0.2, 0) is 14.3 Å². The summed E-state index contributed by atoms with van der Waals surface area (Å²) in [5.41, 5.74) is 1.73. The second-order valence-corrected chi connectivity index (χ2v) is 5.98. The Balaban J connectivity index is 1.84. The highest BCUT2D eigenvalue weighted by atomic mass is 16.5. The predicted octanol–water partition coefficient (Wildman–Crippen LogP) is 3.53. The van der Waals surface area contributed by atoms with Crippen LogP contribution in [0, 0.1) is 0 Å². The number of benzene rings is 2. The Labute approximate surface area is 165 Å². The highest BCUT2D eigenvalue weighted by Crippen LogP contribution is 2.28. The van der Waals surface area contributed by atoms with Gasteiger partial charge >= 0.3 is 5.97 Å². The summed E-state index contributed by atoms with van der Waals surface area (Å²) in [6.07, 6.45) is 2.86. The van der Waals surface area contributed by atoms with Crippen LogP contribution in [0.3, 0.4) is 0 Å². The van der Waals surface area contributed by atoms with E-state index in [-0.39, 0.29) is 18.6 Å². The first kappa shape index (κ1) is 21.0. The number of carbonyl (C=O) groups is 2. The summed E-state index contributed by atoms with van der Waals surface area (Å²) >= 11 is 0. The van der Waals surface area contributed by atoms with Gasteiger partial charge in [0.2, 0.25) is 0 Å². The van der Waals surface area contributed by atoms with Crippen LogP contribution >= 0.6 is 0 Å². The summed E-state index contributed by atoms with van der Waals surface area (Å²) in [6, 6.07) is 14.7. The van der Waals surface area contributed by atoms with Crippen molar-refractivity contribution in [2.24, 2.45) is 0 Å². The normalized spacial score (nSPS) is 11.7. The lowest BCUT2D eigenvalue weighted by Gasteiger charge is -2.14. The summed E-state index contributed by atoms with van der Waals surface area (Å²) in [5, 5.41) is 2.79. The van der Waals surface area contributed by atoms with E-state index in [1.807, 2.05) is 44.2 Å². The van der Waals surface area contributed by atoms with Gasteiger partial charge in [-0.3, -0.25) is 4.79 Å². The second-order valence-electron chi connectivity index (χ2n) is 5.98. The van der Waals surface area contributed by atoms with Crippen molar-refractivity contribution in [3.8, 4) is 11.5 Å². The van der Waals surface area contributed by atoms with Crippen molar-refractivity contribution in [3.05, 3.63) is 65.7 Å². The third-order valence-electron chi connectivity index (χ3n) is 3.92. The second kappa shape index (κ2) is 10.8. The molecule has 2 aromatic carbocycles. The van der Waals surface area contributed by atoms with Crippen LogP contribution in [-0.4, -0.2) is 32.2 Å². The van der Waals surface area contributed by atoms with E-state index in [0.29, 0.717) is 18.1 Å². The van der Waals surface area contributed by atoms with Gasteiger partial charge in [0.15, 0.2) is 18.1 Å². The van der Waals surface area contributed by atoms with Crippen molar-refractivity contribution in [2.45, 2.75) is 19.9 Å². The molecule has 0 radical (unpaired) electrons. The molecule has 0 aliphatic heterocycles. The maximum absolute atomic E-state index is 11.9. The summed E-state index contributed by atoms with van der Waals surface area (Å²) in [5.74, 6) is 0.248. The molecule has 0 aromatic heterocycles. The summed E-state index contributed by atoms with van der Waals surface area (Å²) in [7, 11) is 1.56. The lowest BCUT2D eigenvalue weighted by atomic mass is 10.1. The van der Waals surface area contributed by atoms with Crippen molar-refractivity contribution in [1.29, 1.82) is 0 Å². The number of hydrogen-bond donors (Lipinski definition) is 1. The third kappa shape index (κ3) is 6.46. The minimum atomic E-state index is -0.601. The van der Waals surface area contributed by atoms with Crippen molar-refractivity contribution in [3.63, 3.8) is 0 Å². The molecule has 2 rings (SSSR count). The van der Waals surface area contributed by atoms with Crippen molar-refractivity contribution >= 4 is 18.0 Å². The smallest absolute Gasteiger partial charge is 0.331 e. The van der Waals surface area contributed by atoms with Gasteiger partial charge in [-0.1, -0.05) is 36.4 Å². The highest BCUT2D eigenvalue weighted by Gasteiger charge is 2.11. The average molecular weight is 383 g/mol. The van der Waals surface area contributed by atoms with Gasteiger partial charge < -0.3 is 19.5 Å². The molecule has 0 spiro atoms. The standard InChI is InChI=1S/C22H25NO5/c1-4-27-20-14-17(10-12-19(20)26-3)11-13-22(25)28-15-21(24)23-16(2)18-8-6-5-7-9-18/h5-14,16H,4,15H2,1-3H3,(H,23,24)/b13-11+/t16-/m0/s1. The lowest BCUT2D eigenvalue weighted by Crippen LogP contribution is -2.30. The van der Waals surface area contributed by atoms with E-state index >= 15 is 0 Å². The molecular weight excluding hydrogens is 358 g/mol. The fourth-order valence-electron chi connectivity index (χ4n) is 2.52. The van der Waals surface area contributed by atoms with Crippen molar-refractivity contribution in [1.82, 2.24) is 5.32 Å². The average Bonchev–Trinajstić information content (AvgIpc) is 2.71. The van der Waals surface area contributed by atoms with E-state index in [4.69, 9.17) is 14.2 Å². The molecule has 2 aromatic rings. The molecule has 148 valence electrons. The van der Waals surface area contributed by atoms with Crippen molar-refractivity contribution in [2.75, 3.05) is 20.3 Å². The molecule has 0 saturated heterocycles. The van der Waals surface area contributed by atoms with Crippen LogP contribution in [0.15, 0.2) is 54.6 Å². The zero-order chi connectivity index (χ0) is 20.4. The van der Waals surface area contributed by atoms with E-state index in [2.05, 4.69) is 5.32 Å². The van der Waals surface area contributed by atoms with Gasteiger partial charge in [0.1, 0.15) is 0 Å². The molecule has 1 atom stereocenters. The number of amides is 1. The topological polar surface area (TPSA) is 73.9 Å². The van der Waals surface area contributed by atoms with Gasteiger partial charge in [0, 0.05) is 6.08 Å². The number of hydrogen-bond acceptors (Lipinski definition) is 5. The molecule has 6 heteroatoms. The van der Waals surface area contributed by atoms with Crippen molar-refractivity contribution < 1.29 is 23.8 Å². The Bertz CT molecular complexity index is 817. The zero-order valence-electron chi connectivity index (χ0n) is 16.3. The maximum Gasteiger partial charge on any atom is 0.331 e.